The van der Waals surface area contributed by atoms with Crippen molar-refractivity contribution in [2.24, 2.45) is 5.16 Å². The van der Waals surface area contributed by atoms with Gasteiger partial charge < -0.3 is 21.0 Å². The van der Waals surface area contributed by atoms with E-state index < -0.39 is 29.2 Å². The molecule has 172 valence electrons. The molecule has 0 aromatic carbocycles. The van der Waals surface area contributed by atoms with Crippen molar-refractivity contribution >= 4 is 63.5 Å². The van der Waals surface area contributed by atoms with Gasteiger partial charge in [-0.3, -0.25) is 14.5 Å². The monoisotopic (exact) mass is 510 g/mol. The number of hydrogen-bond acceptors (Lipinski definition) is 10. The number of nitrogens with zero attached hydrogens (tertiary/aromatic N) is 5. The van der Waals surface area contributed by atoms with E-state index in [2.05, 4.69) is 19.8 Å². The normalized spacial score (nSPS) is 20.2. The zero-order valence-electron chi connectivity index (χ0n) is 17.0. The molecule has 2 aliphatic rings. The van der Waals surface area contributed by atoms with Crippen LogP contribution in [-0.2, 0) is 25.8 Å². The van der Waals surface area contributed by atoms with Gasteiger partial charge in [-0.05, 0) is 6.07 Å². The van der Waals surface area contributed by atoms with Gasteiger partial charge in [-0.25, -0.2) is 4.79 Å². The molecule has 0 bridgehead atoms. The highest BCUT2D eigenvalue weighted by atomic mass is 35.5. The molecule has 4 heterocycles. The summed E-state index contributed by atoms with van der Waals surface area (Å²) < 4.78 is 5.68. The van der Waals surface area contributed by atoms with Crippen molar-refractivity contribution in [3.63, 3.8) is 0 Å². The highest BCUT2D eigenvalue weighted by molar-refractivity contribution is 8.00. The van der Waals surface area contributed by atoms with Crippen molar-refractivity contribution in [3.05, 3.63) is 46.6 Å². The van der Waals surface area contributed by atoms with Crippen LogP contribution in [0.5, 0.6) is 0 Å². The highest BCUT2D eigenvalue weighted by Crippen LogP contribution is 2.40. The molecule has 15 heteroatoms. The Morgan fingerprint density at radius 2 is 2.30 bits per heavy atom. The summed E-state index contributed by atoms with van der Waals surface area (Å²) >= 11 is 8.24. The average Bonchev–Trinajstić information content (AvgIpc) is 3.21. The third-order valence-corrected chi connectivity index (χ3v) is 6.89. The Morgan fingerprint density at radius 3 is 2.94 bits per heavy atom. The summed E-state index contributed by atoms with van der Waals surface area (Å²) in [6.45, 7) is 0.254. The minimum Gasteiger partial charge on any atom is -0.477 e. The van der Waals surface area contributed by atoms with Crippen molar-refractivity contribution in [1.82, 2.24) is 19.6 Å². The van der Waals surface area contributed by atoms with Crippen molar-refractivity contribution in [2.75, 3.05) is 18.6 Å². The predicted molar refractivity (Wildman–Crippen MR) is 119 cm³/mol. The number of anilines is 1. The standard InChI is InChI=1S/C18H16ClN7O5S2/c1-31-23-10(13-22-18(20)33-24-13)14(27)21-11-15(28)26-12(17(29)30)8(7-32-16(11)26)5-25-4-2-3-9(19)6-25/h2-4,6,11,16H,5,7H2,1H3,(H3-,20,21,22,24,27,29,30)/p+1/t11?,16-/m1/s1. The predicted octanol–water partition coefficient (Wildman–Crippen LogP) is -0.149. The van der Waals surface area contributed by atoms with Crippen LogP contribution in [-0.4, -0.2) is 67.1 Å². The Labute approximate surface area is 200 Å². The lowest BCUT2D eigenvalue weighted by atomic mass is 10.0. The minimum atomic E-state index is -1.22. The number of oxime groups is 1. The van der Waals surface area contributed by atoms with Crippen molar-refractivity contribution in [2.45, 2.75) is 18.0 Å². The third-order valence-electron chi connectivity index (χ3n) is 4.78. The SMILES string of the molecule is CON=C(C(=O)NC1C(=O)N2C(C(=O)O)=C(C[n+]3cccc(Cl)c3)CS[C@H]12)c1nsc(N)n1. The van der Waals surface area contributed by atoms with Crippen LogP contribution in [0.15, 0.2) is 41.0 Å². The minimum absolute atomic E-state index is 0.0382. The number of hydrogen-bond donors (Lipinski definition) is 3. The Hall–Kier alpha value is -3.23. The highest BCUT2D eigenvalue weighted by Gasteiger charge is 2.54. The quantitative estimate of drug-likeness (QED) is 0.199. The molecular formula is C18H17ClN7O5S2+. The molecule has 0 spiro atoms. The van der Waals surface area contributed by atoms with Crippen LogP contribution in [0.4, 0.5) is 5.13 Å². The van der Waals surface area contributed by atoms with E-state index in [1.54, 1.807) is 29.1 Å². The number of aliphatic carboxylic acids is 1. The van der Waals surface area contributed by atoms with Crippen LogP contribution in [0.3, 0.4) is 0 Å². The van der Waals surface area contributed by atoms with E-state index >= 15 is 0 Å². The summed E-state index contributed by atoms with van der Waals surface area (Å²) in [6, 6.07) is 2.50. The molecule has 0 aliphatic carbocycles. The molecule has 2 aliphatic heterocycles. The molecule has 33 heavy (non-hydrogen) atoms. The molecule has 1 unspecified atom stereocenters. The number of carboxylic acids is 1. The molecule has 2 amide bonds. The summed E-state index contributed by atoms with van der Waals surface area (Å²) in [5, 5.41) is 16.1. The fourth-order valence-corrected chi connectivity index (χ4v) is 5.40. The Morgan fingerprint density at radius 1 is 1.52 bits per heavy atom. The number of amides is 2. The number of halogens is 1. The number of carbonyl (C=O) groups excluding carboxylic acids is 2. The van der Waals surface area contributed by atoms with Gasteiger partial charge in [-0.2, -0.15) is 13.9 Å². The number of nitrogen functional groups attached to an aromatic ring is 1. The third kappa shape index (κ3) is 4.49. The van der Waals surface area contributed by atoms with Gasteiger partial charge in [0.15, 0.2) is 24.1 Å². The lowest BCUT2D eigenvalue weighted by molar-refractivity contribution is -0.689. The number of nitrogens with one attached hydrogen (secondary N) is 1. The molecular weight excluding hydrogens is 494 g/mol. The van der Waals surface area contributed by atoms with Gasteiger partial charge in [0.2, 0.25) is 11.5 Å². The van der Waals surface area contributed by atoms with E-state index in [1.807, 2.05) is 0 Å². The number of pyridine rings is 1. The van der Waals surface area contributed by atoms with E-state index in [0.717, 1.165) is 11.5 Å². The van der Waals surface area contributed by atoms with Gasteiger partial charge >= 0.3 is 5.97 Å². The first kappa shape index (κ1) is 22.9. The van der Waals surface area contributed by atoms with Crippen molar-refractivity contribution in [1.29, 1.82) is 0 Å². The van der Waals surface area contributed by atoms with Crippen LogP contribution >= 0.6 is 34.9 Å². The summed E-state index contributed by atoms with van der Waals surface area (Å²) in [6.07, 6.45) is 3.42. The Bertz CT molecular complexity index is 1200. The second kappa shape index (κ2) is 9.33. The van der Waals surface area contributed by atoms with Crippen LogP contribution in [0, 0.1) is 0 Å². The van der Waals surface area contributed by atoms with Crippen molar-refractivity contribution < 1.29 is 28.9 Å². The number of carbonyl (C=O) groups is 3. The zero-order chi connectivity index (χ0) is 23.7. The average molecular weight is 511 g/mol. The van der Waals surface area contributed by atoms with Gasteiger partial charge in [0.1, 0.15) is 29.2 Å². The molecule has 2 aromatic rings. The Kier molecular flexibility index (Phi) is 6.49. The van der Waals surface area contributed by atoms with Gasteiger partial charge in [0, 0.05) is 28.9 Å². The van der Waals surface area contributed by atoms with E-state index in [0.29, 0.717) is 16.3 Å². The molecule has 2 atom stereocenters. The molecule has 4 rings (SSSR count). The lowest BCUT2D eigenvalue weighted by Gasteiger charge is -2.49. The van der Waals surface area contributed by atoms with E-state index in [9.17, 15) is 19.5 Å². The number of fused-ring (bicyclic) bond motifs is 1. The van der Waals surface area contributed by atoms with Gasteiger partial charge in [0.25, 0.3) is 11.8 Å². The summed E-state index contributed by atoms with van der Waals surface area (Å²) in [7, 11) is 1.25. The number of aromatic nitrogens is 3. The molecule has 12 nitrogen and oxygen atoms in total. The fourth-order valence-electron chi connectivity index (χ4n) is 3.43. The number of β-lactam (4-membered cyclic amide) rings is 1. The largest absolute Gasteiger partial charge is 0.477 e. The maximum Gasteiger partial charge on any atom is 0.352 e. The lowest BCUT2D eigenvalue weighted by Crippen LogP contribution is -2.71. The van der Waals surface area contributed by atoms with E-state index in [-0.39, 0.29) is 28.9 Å². The smallest absolute Gasteiger partial charge is 0.352 e. The number of nitrogens with two attached hydrogens (primary N) is 1. The molecule has 1 saturated heterocycles. The van der Waals surface area contributed by atoms with E-state index in [1.165, 1.54) is 23.8 Å². The second-order valence-corrected chi connectivity index (χ2v) is 9.22. The molecule has 4 N–H and O–H groups in total. The second-order valence-electron chi connectivity index (χ2n) is 6.89. The fraction of sp³-hybridized carbons (Fsp3) is 0.278. The first-order chi connectivity index (χ1) is 15.8. The topological polar surface area (TPSA) is 164 Å². The van der Waals surface area contributed by atoms with E-state index in [4.69, 9.17) is 22.2 Å². The number of carboxylic acid groups (broad SMARTS) is 1. The molecule has 0 saturated carbocycles. The van der Waals surface area contributed by atoms with Crippen LogP contribution in [0.1, 0.15) is 5.82 Å². The van der Waals surface area contributed by atoms with Gasteiger partial charge in [-0.1, -0.05) is 16.8 Å². The molecule has 1 fully saturated rings. The number of thioether (sulfide) groups is 1. The molecule has 2 aromatic heterocycles. The maximum atomic E-state index is 12.9. The van der Waals surface area contributed by atoms with Gasteiger partial charge in [0.05, 0.1) is 0 Å². The Balaban J connectivity index is 1.54. The summed E-state index contributed by atoms with van der Waals surface area (Å²) in [5.41, 5.74) is 5.78. The maximum absolute atomic E-state index is 12.9. The summed E-state index contributed by atoms with van der Waals surface area (Å²) in [5.74, 6) is -2.20. The van der Waals surface area contributed by atoms with Gasteiger partial charge in [-0.15, -0.1) is 11.8 Å². The van der Waals surface area contributed by atoms with Crippen molar-refractivity contribution in [3.8, 4) is 0 Å². The van der Waals surface area contributed by atoms with Crippen LogP contribution < -0.4 is 15.6 Å². The first-order valence-corrected chi connectivity index (χ1v) is 11.6. The zero-order valence-corrected chi connectivity index (χ0v) is 19.4. The first-order valence-electron chi connectivity index (χ1n) is 9.36. The van der Waals surface area contributed by atoms with Crippen LogP contribution in [0.2, 0.25) is 5.02 Å². The molecule has 0 radical (unpaired) electrons. The number of rotatable bonds is 7. The summed E-state index contributed by atoms with van der Waals surface area (Å²) in [4.78, 5) is 47.4. The van der Waals surface area contributed by atoms with Crippen LogP contribution in [0.25, 0.3) is 0 Å².